The van der Waals surface area contributed by atoms with Crippen molar-refractivity contribution in [1.82, 2.24) is 5.16 Å². The second-order valence-electron chi connectivity index (χ2n) is 5.92. The van der Waals surface area contributed by atoms with E-state index in [0.29, 0.717) is 27.8 Å². The molecule has 0 saturated heterocycles. The quantitative estimate of drug-likeness (QED) is 0.483. The standard InChI is InChI=1S/C20H12ClF2NO3/c21-16-9-18(23)17(22)8-14(16)12-2-4-13(5-3-12)26-10-11-1-6-19-15(7-11)20(25)24-27-19/h1-9H,10H2,(H,24,25). The summed E-state index contributed by atoms with van der Waals surface area (Å²) in [5.74, 6) is -1.37. The molecule has 0 spiro atoms. The summed E-state index contributed by atoms with van der Waals surface area (Å²) in [6.45, 7) is 0.256. The van der Waals surface area contributed by atoms with Gasteiger partial charge in [0.2, 0.25) is 0 Å². The van der Waals surface area contributed by atoms with E-state index in [2.05, 4.69) is 5.16 Å². The zero-order chi connectivity index (χ0) is 19.0. The van der Waals surface area contributed by atoms with Gasteiger partial charge in [-0.3, -0.25) is 4.79 Å². The molecule has 0 fully saturated rings. The number of hydrogen-bond acceptors (Lipinski definition) is 3. The van der Waals surface area contributed by atoms with Crippen LogP contribution in [0.15, 0.2) is 63.9 Å². The number of aromatic amines is 1. The highest BCUT2D eigenvalue weighted by atomic mass is 35.5. The number of hydrogen-bond donors (Lipinski definition) is 1. The number of halogens is 3. The zero-order valence-corrected chi connectivity index (χ0v) is 14.5. The van der Waals surface area contributed by atoms with Gasteiger partial charge in [0.05, 0.1) is 10.4 Å². The average Bonchev–Trinajstić information content (AvgIpc) is 3.04. The van der Waals surface area contributed by atoms with Crippen molar-refractivity contribution in [3.8, 4) is 16.9 Å². The molecule has 0 unspecified atom stereocenters. The predicted molar refractivity (Wildman–Crippen MR) is 98.0 cm³/mol. The maximum absolute atomic E-state index is 13.5. The fourth-order valence-electron chi connectivity index (χ4n) is 2.73. The van der Waals surface area contributed by atoms with Gasteiger partial charge in [-0.25, -0.2) is 8.78 Å². The number of rotatable bonds is 4. The van der Waals surface area contributed by atoms with Crippen LogP contribution in [0, 0.1) is 11.6 Å². The van der Waals surface area contributed by atoms with Crippen LogP contribution < -0.4 is 10.3 Å². The van der Waals surface area contributed by atoms with Gasteiger partial charge in [-0.05, 0) is 47.5 Å². The van der Waals surface area contributed by atoms with Crippen molar-refractivity contribution < 1.29 is 18.0 Å². The molecule has 27 heavy (non-hydrogen) atoms. The van der Waals surface area contributed by atoms with Crippen LogP contribution >= 0.6 is 11.6 Å². The summed E-state index contributed by atoms with van der Waals surface area (Å²) < 4.78 is 37.4. The number of nitrogens with one attached hydrogen (secondary N) is 1. The Kier molecular flexibility index (Phi) is 4.41. The average molecular weight is 388 g/mol. The van der Waals surface area contributed by atoms with Gasteiger partial charge in [-0.2, -0.15) is 5.16 Å². The van der Waals surface area contributed by atoms with Crippen LogP contribution in [-0.4, -0.2) is 5.16 Å². The van der Waals surface area contributed by atoms with Gasteiger partial charge in [0.1, 0.15) is 12.4 Å². The van der Waals surface area contributed by atoms with Gasteiger partial charge < -0.3 is 9.26 Å². The van der Waals surface area contributed by atoms with Crippen molar-refractivity contribution in [3.63, 3.8) is 0 Å². The third kappa shape index (κ3) is 3.44. The number of aromatic nitrogens is 1. The molecule has 0 atom stereocenters. The molecular weight excluding hydrogens is 376 g/mol. The smallest absolute Gasteiger partial charge is 0.287 e. The maximum Gasteiger partial charge on any atom is 0.287 e. The van der Waals surface area contributed by atoms with E-state index < -0.39 is 11.6 Å². The van der Waals surface area contributed by atoms with Gasteiger partial charge in [-0.15, -0.1) is 0 Å². The molecule has 4 aromatic rings. The molecule has 4 rings (SSSR count). The first-order valence-corrected chi connectivity index (χ1v) is 8.37. The minimum atomic E-state index is -0.989. The summed E-state index contributed by atoms with van der Waals surface area (Å²) in [6.07, 6.45) is 0. The van der Waals surface area contributed by atoms with Gasteiger partial charge in [0.15, 0.2) is 17.2 Å². The second-order valence-corrected chi connectivity index (χ2v) is 6.33. The Labute approximate surface area is 156 Å². The number of ether oxygens (including phenoxy) is 1. The van der Waals surface area contributed by atoms with Gasteiger partial charge in [0.25, 0.3) is 5.56 Å². The van der Waals surface area contributed by atoms with Crippen molar-refractivity contribution in [2.75, 3.05) is 0 Å². The van der Waals surface area contributed by atoms with Crippen LogP contribution in [0.3, 0.4) is 0 Å². The topological polar surface area (TPSA) is 55.2 Å². The van der Waals surface area contributed by atoms with Crippen LogP contribution in [0.1, 0.15) is 5.56 Å². The van der Waals surface area contributed by atoms with E-state index in [4.69, 9.17) is 20.9 Å². The number of H-pyrrole nitrogens is 1. The summed E-state index contributed by atoms with van der Waals surface area (Å²) in [4.78, 5) is 11.6. The summed E-state index contributed by atoms with van der Waals surface area (Å²) in [5, 5.41) is 2.86. The van der Waals surface area contributed by atoms with E-state index in [1.807, 2.05) is 0 Å². The van der Waals surface area contributed by atoms with Gasteiger partial charge >= 0.3 is 0 Å². The van der Waals surface area contributed by atoms with E-state index in [-0.39, 0.29) is 17.2 Å². The lowest BCUT2D eigenvalue weighted by atomic mass is 10.1. The maximum atomic E-state index is 13.5. The molecule has 0 bridgehead atoms. The first-order chi connectivity index (χ1) is 13.0. The van der Waals surface area contributed by atoms with E-state index in [9.17, 15) is 13.6 Å². The lowest BCUT2D eigenvalue weighted by Crippen LogP contribution is -1.99. The fraction of sp³-hybridized carbons (Fsp3) is 0.0500. The molecular formula is C20H12ClF2NO3. The molecule has 0 amide bonds. The molecule has 0 aliphatic carbocycles. The lowest BCUT2D eigenvalue weighted by molar-refractivity contribution is 0.306. The summed E-state index contributed by atoms with van der Waals surface area (Å²) in [6, 6.07) is 14.0. The first kappa shape index (κ1) is 17.3. The van der Waals surface area contributed by atoms with Crippen LogP contribution in [0.25, 0.3) is 22.1 Å². The minimum absolute atomic E-state index is 0.126. The molecule has 0 aliphatic heterocycles. The molecule has 1 heterocycles. The van der Waals surface area contributed by atoms with Crippen molar-refractivity contribution in [3.05, 3.63) is 87.2 Å². The van der Waals surface area contributed by atoms with Crippen LogP contribution in [0.4, 0.5) is 8.78 Å². The molecule has 4 nitrogen and oxygen atoms in total. The van der Waals surface area contributed by atoms with E-state index in [1.54, 1.807) is 42.5 Å². The monoisotopic (exact) mass is 387 g/mol. The Hall–Kier alpha value is -3.12. The fourth-order valence-corrected chi connectivity index (χ4v) is 2.99. The van der Waals surface area contributed by atoms with E-state index in [1.165, 1.54) is 0 Å². The van der Waals surface area contributed by atoms with Crippen LogP contribution in [-0.2, 0) is 6.61 Å². The SMILES string of the molecule is O=c1[nH]oc2ccc(COc3ccc(-c4cc(F)c(F)cc4Cl)cc3)cc12. The number of fused-ring (bicyclic) bond motifs is 1. The largest absolute Gasteiger partial charge is 0.489 e. The molecule has 0 radical (unpaired) electrons. The normalized spacial score (nSPS) is 11.1. The molecule has 3 aromatic carbocycles. The third-order valence-corrected chi connectivity index (χ3v) is 4.44. The number of benzene rings is 3. The Morgan fingerprint density at radius 1 is 1.00 bits per heavy atom. The highest BCUT2D eigenvalue weighted by Gasteiger charge is 2.10. The van der Waals surface area contributed by atoms with Crippen molar-refractivity contribution in [2.24, 2.45) is 0 Å². The molecule has 7 heteroatoms. The van der Waals surface area contributed by atoms with Crippen molar-refractivity contribution >= 4 is 22.6 Å². The first-order valence-electron chi connectivity index (χ1n) is 7.99. The molecule has 136 valence electrons. The highest BCUT2D eigenvalue weighted by Crippen LogP contribution is 2.31. The molecule has 0 aliphatic rings. The zero-order valence-electron chi connectivity index (χ0n) is 13.8. The second kappa shape index (κ2) is 6.89. The van der Waals surface area contributed by atoms with Crippen molar-refractivity contribution in [2.45, 2.75) is 6.61 Å². The van der Waals surface area contributed by atoms with Crippen molar-refractivity contribution in [1.29, 1.82) is 0 Å². The Morgan fingerprint density at radius 3 is 2.52 bits per heavy atom. The van der Waals surface area contributed by atoms with Crippen LogP contribution in [0.5, 0.6) is 5.75 Å². The molecule has 0 saturated carbocycles. The third-order valence-electron chi connectivity index (χ3n) is 4.12. The highest BCUT2D eigenvalue weighted by molar-refractivity contribution is 6.33. The summed E-state index contributed by atoms with van der Waals surface area (Å²) in [7, 11) is 0. The Bertz CT molecular complexity index is 1180. The lowest BCUT2D eigenvalue weighted by Gasteiger charge is -2.09. The van der Waals surface area contributed by atoms with Gasteiger partial charge in [-0.1, -0.05) is 29.8 Å². The molecule has 1 aromatic heterocycles. The van der Waals surface area contributed by atoms with Gasteiger partial charge in [0, 0.05) is 5.56 Å². The van der Waals surface area contributed by atoms with Crippen LogP contribution in [0.2, 0.25) is 5.02 Å². The summed E-state index contributed by atoms with van der Waals surface area (Å²) in [5.41, 5.74) is 2.03. The summed E-state index contributed by atoms with van der Waals surface area (Å²) >= 11 is 5.99. The predicted octanol–water partition coefficient (Wildman–Crippen LogP) is 5.30. The molecule has 1 N–H and O–H groups in total. The Morgan fingerprint density at radius 2 is 1.74 bits per heavy atom. The minimum Gasteiger partial charge on any atom is -0.489 e. The Balaban J connectivity index is 1.51. The van der Waals surface area contributed by atoms with E-state index in [0.717, 1.165) is 17.7 Å². The van der Waals surface area contributed by atoms with E-state index >= 15 is 0 Å².